The molecule has 0 radical (unpaired) electrons. The van der Waals surface area contributed by atoms with Gasteiger partial charge in [-0.2, -0.15) is 0 Å². The van der Waals surface area contributed by atoms with Crippen molar-refractivity contribution >= 4 is 61.7 Å². The van der Waals surface area contributed by atoms with Crippen LogP contribution in [0.5, 0.6) is 11.5 Å². The van der Waals surface area contributed by atoms with Gasteiger partial charge in [0.05, 0.1) is 29.5 Å². The van der Waals surface area contributed by atoms with Gasteiger partial charge in [0.2, 0.25) is 0 Å². The van der Waals surface area contributed by atoms with Crippen molar-refractivity contribution < 1.29 is 19.0 Å². The van der Waals surface area contributed by atoms with Crippen LogP contribution in [0.15, 0.2) is 104 Å². The predicted molar refractivity (Wildman–Crippen MR) is 181 cm³/mol. The van der Waals surface area contributed by atoms with E-state index in [-0.39, 0.29) is 17.7 Å². The van der Waals surface area contributed by atoms with Gasteiger partial charge >= 0.3 is 5.97 Å². The monoisotopic (exact) mass is 702 g/mol. The van der Waals surface area contributed by atoms with Crippen molar-refractivity contribution in [3.63, 3.8) is 0 Å². The van der Waals surface area contributed by atoms with Gasteiger partial charge in [0.15, 0.2) is 16.3 Å². The summed E-state index contributed by atoms with van der Waals surface area (Å²) in [6.07, 6.45) is 1.78. The van der Waals surface area contributed by atoms with E-state index in [2.05, 4.69) is 39.1 Å². The van der Waals surface area contributed by atoms with Gasteiger partial charge in [-0.3, -0.25) is 9.36 Å². The molecule has 1 atom stereocenters. The van der Waals surface area contributed by atoms with Gasteiger partial charge < -0.3 is 14.2 Å². The molecule has 0 bridgehead atoms. The highest BCUT2D eigenvalue weighted by Gasteiger charge is 2.34. The Hall–Kier alpha value is -4.18. The fourth-order valence-corrected chi connectivity index (χ4v) is 7.14. The molecule has 1 aromatic heterocycles. The highest BCUT2D eigenvalue weighted by Crippen LogP contribution is 2.36. The summed E-state index contributed by atoms with van der Waals surface area (Å²) in [5.74, 6) is 0.542. The van der Waals surface area contributed by atoms with Crippen LogP contribution in [0.3, 0.4) is 0 Å². The number of allylic oxidation sites excluding steroid dienone is 1. The first-order valence-electron chi connectivity index (χ1n) is 14.2. The number of thiazole rings is 1. The Morgan fingerprint density at radius 1 is 1.07 bits per heavy atom. The molecule has 0 spiro atoms. The van der Waals surface area contributed by atoms with Crippen molar-refractivity contribution in [1.29, 1.82) is 0 Å². The summed E-state index contributed by atoms with van der Waals surface area (Å²) < 4.78 is 20.0. The van der Waals surface area contributed by atoms with E-state index < -0.39 is 12.0 Å². The lowest BCUT2D eigenvalue weighted by Crippen LogP contribution is -2.40. The second-order valence-electron chi connectivity index (χ2n) is 10.3. The Morgan fingerprint density at radius 3 is 2.60 bits per heavy atom. The quantitative estimate of drug-likeness (QED) is 0.164. The van der Waals surface area contributed by atoms with Crippen molar-refractivity contribution in [3.05, 3.63) is 136 Å². The largest absolute Gasteiger partial charge is 0.493 e. The number of rotatable bonds is 8. The molecular formula is C35H28BrClN2O5S. The number of benzene rings is 4. The molecule has 228 valence electrons. The molecule has 0 amide bonds. The van der Waals surface area contributed by atoms with Crippen LogP contribution in [-0.2, 0) is 16.1 Å². The summed E-state index contributed by atoms with van der Waals surface area (Å²) in [7, 11) is 1.58. The van der Waals surface area contributed by atoms with Crippen molar-refractivity contribution in [2.75, 3.05) is 13.7 Å². The van der Waals surface area contributed by atoms with Crippen molar-refractivity contribution in [3.8, 4) is 11.5 Å². The Kier molecular flexibility index (Phi) is 8.94. The number of fused-ring (bicyclic) bond motifs is 2. The lowest BCUT2D eigenvalue weighted by atomic mass is 9.96. The summed E-state index contributed by atoms with van der Waals surface area (Å²) in [4.78, 5) is 32.3. The zero-order valence-corrected chi connectivity index (χ0v) is 27.8. The van der Waals surface area contributed by atoms with Crippen LogP contribution in [0.2, 0.25) is 5.02 Å². The number of hydrogen-bond acceptors (Lipinski definition) is 7. The smallest absolute Gasteiger partial charge is 0.338 e. The number of halogens is 2. The van der Waals surface area contributed by atoms with Crippen LogP contribution in [0.25, 0.3) is 16.8 Å². The predicted octanol–water partition coefficient (Wildman–Crippen LogP) is 6.96. The van der Waals surface area contributed by atoms with E-state index in [4.69, 9.17) is 25.8 Å². The Bertz CT molecular complexity index is 2170. The highest BCUT2D eigenvalue weighted by atomic mass is 79.9. The summed E-state index contributed by atoms with van der Waals surface area (Å²) in [6.45, 7) is 4.02. The standard InChI is InChI=1S/C35H28BrClN2O5S/c1-4-43-34(41)31-20(2)38-35-39(32(31)25-14-7-8-15-27(25)37)33(40)30(45-35)17-23-16-28(42-3)29(18-26(23)36)44-19-22-12-9-11-21-10-5-6-13-24(21)22/h5-18,32H,4,19H2,1-3H3/b30-17+/t32-/m0/s1. The maximum Gasteiger partial charge on any atom is 0.338 e. The minimum absolute atomic E-state index is 0.187. The average Bonchev–Trinajstić information content (AvgIpc) is 3.34. The second kappa shape index (κ2) is 13.0. The molecule has 5 aromatic rings. The van der Waals surface area contributed by atoms with Gasteiger partial charge in [-0.1, -0.05) is 99.5 Å². The number of nitrogens with zero attached hydrogens (tertiary/aromatic N) is 2. The van der Waals surface area contributed by atoms with Crippen molar-refractivity contribution in [2.45, 2.75) is 26.5 Å². The van der Waals surface area contributed by atoms with Crippen LogP contribution in [-0.4, -0.2) is 24.3 Å². The molecule has 1 aliphatic heterocycles. The fraction of sp³-hybridized carbons (Fsp3) is 0.171. The maximum atomic E-state index is 14.0. The SMILES string of the molecule is CCOC(=O)C1=C(C)N=c2s/c(=C/c3cc(OC)c(OCc4cccc5ccccc45)cc3Br)c(=O)n2[C@H]1c1ccccc1Cl. The van der Waals surface area contributed by atoms with Crippen LogP contribution in [0, 0.1) is 0 Å². The number of carbonyl (C=O) groups excluding carboxylic acids is 1. The zero-order valence-electron chi connectivity index (χ0n) is 24.7. The second-order valence-corrected chi connectivity index (χ2v) is 12.5. The lowest BCUT2D eigenvalue weighted by Gasteiger charge is -2.25. The normalized spacial score (nSPS) is 14.7. The van der Waals surface area contributed by atoms with E-state index in [1.165, 1.54) is 15.9 Å². The summed E-state index contributed by atoms with van der Waals surface area (Å²) in [5.41, 5.74) is 2.83. The van der Waals surface area contributed by atoms with Gasteiger partial charge in [-0.25, -0.2) is 9.79 Å². The minimum Gasteiger partial charge on any atom is -0.493 e. The topological polar surface area (TPSA) is 79.1 Å². The number of methoxy groups -OCH3 is 1. The summed E-state index contributed by atoms with van der Waals surface area (Å²) in [5, 5.41) is 2.70. The summed E-state index contributed by atoms with van der Waals surface area (Å²) in [6, 6.07) is 24.3. The molecule has 0 unspecified atom stereocenters. The van der Waals surface area contributed by atoms with E-state index in [9.17, 15) is 9.59 Å². The average molecular weight is 704 g/mol. The molecule has 7 nitrogen and oxygen atoms in total. The third kappa shape index (κ3) is 5.95. The first kappa shape index (κ1) is 30.8. The maximum absolute atomic E-state index is 14.0. The molecule has 6 rings (SSSR count). The molecule has 45 heavy (non-hydrogen) atoms. The Balaban J connectivity index is 1.40. The Labute approximate surface area is 276 Å². The summed E-state index contributed by atoms with van der Waals surface area (Å²) >= 11 is 11.5. The van der Waals surface area contributed by atoms with E-state index in [0.29, 0.717) is 53.8 Å². The molecule has 0 aliphatic carbocycles. The third-order valence-corrected chi connectivity index (χ3v) is 9.56. The van der Waals surface area contributed by atoms with E-state index >= 15 is 0 Å². The van der Waals surface area contributed by atoms with E-state index in [1.54, 1.807) is 45.2 Å². The number of ether oxygens (including phenoxy) is 3. The molecule has 10 heteroatoms. The number of aromatic nitrogens is 1. The highest BCUT2D eigenvalue weighted by molar-refractivity contribution is 9.10. The van der Waals surface area contributed by atoms with E-state index in [1.807, 2.05) is 42.5 Å². The van der Waals surface area contributed by atoms with Gasteiger partial charge in [-0.05, 0) is 65.6 Å². The first-order valence-corrected chi connectivity index (χ1v) is 16.2. The number of carbonyl (C=O) groups is 1. The van der Waals surface area contributed by atoms with Crippen molar-refractivity contribution in [1.82, 2.24) is 4.57 Å². The molecule has 0 saturated carbocycles. The molecular weight excluding hydrogens is 676 g/mol. The van der Waals surface area contributed by atoms with Crippen LogP contribution < -0.4 is 24.4 Å². The van der Waals surface area contributed by atoms with Gasteiger partial charge in [-0.15, -0.1) is 0 Å². The Morgan fingerprint density at radius 2 is 1.82 bits per heavy atom. The van der Waals surface area contributed by atoms with Crippen LogP contribution in [0.4, 0.5) is 0 Å². The van der Waals surface area contributed by atoms with Gasteiger partial charge in [0.25, 0.3) is 5.56 Å². The number of esters is 1. The van der Waals surface area contributed by atoms with Gasteiger partial charge in [0.1, 0.15) is 12.6 Å². The van der Waals surface area contributed by atoms with E-state index in [0.717, 1.165) is 16.3 Å². The minimum atomic E-state index is -0.793. The molecule has 0 N–H and O–H groups in total. The molecule has 0 saturated heterocycles. The van der Waals surface area contributed by atoms with Crippen molar-refractivity contribution in [2.24, 2.45) is 4.99 Å². The lowest BCUT2D eigenvalue weighted by molar-refractivity contribution is -0.139. The number of hydrogen-bond donors (Lipinski definition) is 0. The van der Waals surface area contributed by atoms with Crippen LogP contribution in [0.1, 0.15) is 36.6 Å². The fourth-order valence-electron chi connectivity index (χ4n) is 5.43. The zero-order chi connectivity index (χ0) is 31.7. The first-order chi connectivity index (χ1) is 21.8. The van der Waals surface area contributed by atoms with Crippen LogP contribution >= 0.6 is 38.9 Å². The molecule has 0 fully saturated rings. The molecule has 4 aromatic carbocycles. The molecule has 1 aliphatic rings. The third-order valence-electron chi connectivity index (χ3n) is 7.55. The van der Waals surface area contributed by atoms with Gasteiger partial charge in [0, 0.05) is 9.50 Å². The molecule has 2 heterocycles.